The highest BCUT2D eigenvalue weighted by molar-refractivity contribution is 5.90. The molecule has 0 spiro atoms. The third-order valence-electron chi connectivity index (χ3n) is 4.24. The van der Waals surface area contributed by atoms with Crippen LogP contribution in [0, 0.1) is 0 Å². The predicted molar refractivity (Wildman–Crippen MR) is 109 cm³/mol. The van der Waals surface area contributed by atoms with E-state index in [0.717, 1.165) is 33.9 Å². The average molecular weight is 353 g/mol. The average Bonchev–Trinajstić information content (AvgIpc) is 3.18. The van der Waals surface area contributed by atoms with Crippen molar-refractivity contribution >= 4 is 11.9 Å². The molecule has 0 aliphatic carbocycles. The molecule has 4 heteroatoms. The molecule has 1 heterocycles. The number of benzene rings is 3. The maximum absolute atomic E-state index is 5.20. The van der Waals surface area contributed by atoms with Gasteiger partial charge in [0.05, 0.1) is 18.5 Å². The lowest BCUT2D eigenvalue weighted by Crippen LogP contribution is -1.93. The van der Waals surface area contributed by atoms with Gasteiger partial charge in [-0.1, -0.05) is 48.5 Å². The molecule has 0 fully saturated rings. The summed E-state index contributed by atoms with van der Waals surface area (Å²) in [4.78, 5) is 4.61. The second-order valence-corrected chi connectivity index (χ2v) is 6.04. The van der Waals surface area contributed by atoms with Gasteiger partial charge < -0.3 is 4.74 Å². The van der Waals surface area contributed by atoms with Gasteiger partial charge in [0.25, 0.3) is 0 Å². The monoisotopic (exact) mass is 353 g/mol. The summed E-state index contributed by atoms with van der Waals surface area (Å²) in [6.07, 6.45) is 3.86. The van der Waals surface area contributed by atoms with Gasteiger partial charge in [0.1, 0.15) is 11.4 Å². The van der Waals surface area contributed by atoms with Gasteiger partial charge in [0.15, 0.2) is 0 Å². The molecule has 0 N–H and O–H groups in total. The van der Waals surface area contributed by atoms with Crippen molar-refractivity contribution in [2.75, 3.05) is 7.11 Å². The number of para-hydroxylation sites is 1. The normalized spacial score (nSPS) is 11.0. The Labute approximate surface area is 158 Å². The van der Waals surface area contributed by atoms with Crippen LogP contribution in [0.3, 0.4) is 0 Å². The van der Waals surface area contributed by atoms with Gasteiger partial charge in [-0.15, -0.1) is 0 Å². The Kier molecular flexibility index (Phi) is 4.79. The van der Waals surface area contributed by atoms with Crippen LogP contribution in [0.1, 0.15) is 5.56 Å². The molecule has 1 aromatic heterocycles. The fourth-order valence-corrected chi connectivity index (χ4v) is 2.83. The molecule has 0 radical (unpaired) electrons. The molecule has 27 heavy (non-hydrogen) atoms. The first-order chi connectivity index (χ1) is 13.3. The van der Waals surface area contributed by atoms with Crippen LogP contribution in [0.2, 0.25) is 0 Å². The van der Waals surface area contributed by atoms with Crippen molar-refractivity contribution in [1.82, 2.24) is 9.78 Å². The van der Waals surface area contributed by atoms with Crippen molar-refractivity contribution in [2.24, 2.45) is 4.99 Å². The number of hydrogen-bond acceptors (Lipinski definition) is 3. The Morgan fingerprint density at radius 1 is 0.852 bits per heavy atom. The molecule has 0 saturated heterocycles. The van der Waals surface area contributed by atoms with Gasteiger partial charge in [-0.3, -0.25) is 4.99 Å². The van der Waals surface area contributed by atoms with Crippen LogP contribution in [-0.2, 0) is 0 Å². The summed E-state index contributed by atoms with van der Waals surface area (Å²) in [5, 5.41) is 4.80. The zero-order valence-corrected chi connectivity index (χ0v) is 15.0. The van der Waals surface area contributed by atoms with E-state index in [1.807, 2.05) is 89.9 Å². The quantitative estimate of drug-likeness (QED) is 0.457. The Hall–Kier alpha value is -3.66. The molecule has 4 nitrogen and oxygen atoms in total. The van der Waals surface area contributed by atoms with Gasteiger partial charge in [0.2, 0.25) is 0 Å². The summed E-state index contributed by atoms with van der Waals surface area (Å²) in [6, 6.07) is 27.9. The highest BCUT2D eigenvalue weighted by Gasteiger charge is 2.10. The molecule has 0 bridgehead atoms. The number of methoxy groups -OCH3 is 1. The third-order valence-corrected chi connectivity index (χ3v) is 4.24. The van der Waals surface area contributed by atoms with Crippen LogP contribution in [0.5, 0.6) is 5.75 Å². The van der Waals surface area contributed by atoms with Gasteiger partial charge in [-0.25, -0.2) is 4.68 Å². The third kappa shape index (κ3) is 3.80. The van der Waals surface area contributed by atoms with Gasteiger partial charge in [-0.05, 0) is 36.4 Å². The molecule has 0 amide bonds. The molecule has 132 valence electrons. The summed E-state index contributed by atoms with van der Waals surface area (Å²) in [5.74, 6) is 0.816. The zero-order valence-electron chi connectivity index (χ0n) is 15.0. The van der Waals surface area contributed by atoms with Gasteiger partial charge >= 0.3 is 0 Å². The Bertz CT molecular complexity index is 1040. The predicted octanol–water partition coefficient (Wildman–Crippen LogP) is 5.30. The summed E-state index contributed by atoms with van der Waals surface area (Å²) >= 11 is 0. The highest BCUT2D eigenvalue weighted by Crippen LogP contribution is 2.24. The lowest BCUT2D eigenvalue weighted by atomic mass is 10.1. The van der Waals surface area contributed by atoms with E-state index in [9.17, 15) is 0 Å². The minimum absolute atomic E-state index is 0.816. The van der Waals surface area contributed by atoms with Crippen LogP contribution in [-0.4, -0.2) is 23.1 Å². The number of aromatic nitrogens is 2. The van der Waals surface area contributed by atoms with Crippen molar-refractivity contribution in [2.45, 2.75) is 0 Å². The highest BCUT2D eigenvalue weighted by atomic mass is 16.5. The first-order valence-electron chi connectivity index (χ1n) is 8.72. The summed E-state index contributed by atoms with van der Waals surface area (Å²) in [7, 11) is 1.66. The fourth-order valence-electron chi connectivity index (χ4n) is 2.83. The van der Waals surface area contributed by atoms with Crippen molar-refractivity contribution < 1.29 is 4.74 Å². The summed E-state index contributed by atoms with van der Waals surface area (Å²) in [6.45, 7) is 0. The topological polar surface area (TPSA) is 39.4 Å². The molecule has 3 aromatic carbocycles. The molecule has 0 aliphatic heterocycles. The van der Waals surface area contributed by atoms with E-state index < -0.39 is 0 Å². The first-order valence-corrected chi connectivity index (χ1v) is 8.72. The molecule has 4 rings (SSSR count). The van der Waals surface area contributed by atoms with Crippen LogP contribution in [0.4, 0.5) is 5.69 Å². The van der Waals surface area contributed by atoms with Crippen LogP contribution < -0.4 is 4.74 Å². The zero-order chi connectivity index (χ0) is 18.5. The van der Waals surface area contributed by atoms with E-state index in [4.69, 9.17) is 9.84 Å². The van der Waals surface area contributed by atoms with Gasteiger partial charge in [0, 0.05) is 23.5 Å². The second kappa shape index (κ2) is 7.70. The second-order valence-electron chi connectivity index (χ2n) is 6.04. The molecule has 4 aromatic rings. The molecular formula is C23H19N3O. The number of hydrogen-bond donors (Lipinski definition) is 0. The van der Waals surface area contributed by atoms with E-state index in [1.165, 1.54) is 0 Å². The summed E-state index contributed by atoms with van der Waals surface area (Å²) < 4.78 is 7.08. The largest absolute Gasteiger partial charge is 0.497 e. The number of nitrogens with zero attached hydrogens (tertiary/aromatic N) is 3. The lowest BCUT2D eigenvalue weighted by Gasteiger charge is -2.00. The van der Waals surface area contributed by atoms with Crippen molar-refractivity contribution in [3.63, 3.8) is 0 Å². The van der Waals surface area contributed by atoms with Crippen LogP contribution >= 0.6 is 0 Å². The van der Waals surface area contributed by atoms with E-state index in [1.54, 1.807) is 7.11 Å². The molecule has 0 aliphatic rings. The van der Waals surface area contributed by atoms with Crippen molar-refractivity contribution in [1.29, 1.82) is 0 Å². The SMILES string of the molecule is COc1ccc(N=Cc2cn(-c3ccccc3)nc2-c2ccccc2)cc1. The van der Waals surface area contributed by atoms with Crippen molar-refractivity contribution in [3.8, 4) is 22.7 Å². The lowest BCUT2D eigenvalue weighted by molar-refractivity contribution is 0.415. The molecular weight excluding hydrogens is 334 g/mol. The van der Waals surface area contributed by atoms with E-state index in [2.05, 4.69) is 17.1 Å². The van der Waals surface area contributed by atoms with E-state index >= 15 is 0 Å². The first kappa shape index (κ1) is 16.8. The fraction of sp³-hybridized carbons (Fsp3) is 0.0435. The number of aliphatic imine (C=N–C) groups is 1. The number of ether oxygens (including phenoxy) is 1. The Morgan fingerprint density at radius 3 is 2.19 bits per heavy atom. The smallest absolute Gasteiger partial charge is 0.119 e. The maximum atomic E-state index is 5.20. The minimum atomic E-state index is 0.816. The molecule has 0 unspecified atom stereocenters. The van der Waals surface area contributed by atoms with E-state index in [0.29, 0.717) is 0 Å². The molecule has 0 saturated carbocycles. The Balaban J connectivity index is 1.73. The maximum Gasteiger partial charge on any atom is 0.119 e. The summed E-state index contributed by atoms with van der Waals surface area (Å²) in [5.41, 5.74) is 4.79. The minimum Gasteiger partial charge on any atom is -0.497 e. The van der Waals surface area contributed by atoms with E-state index in [-0.39, 0.29) is 0 Å². The Morgan fingerprint density at radius 2 is 1.52 bits per heavy atom. The molecule has 0 atom stereocenters. The van der Waals surface area contributed by atoms with Crippen LogP contribution in [0.15, 0.2) is 96.1 Å². The van der Waals surface area contributed by atoms with Crippen LogP contribution in [0.25, 0.3) is 16.9 Å². The number of rotatable bonds is 5. The van der Waals surface area contributed by atoms with Crippen molar-refractivity contribution in [3.05, 3.63) is 96.7 Å². The van der Waals surface area contributed by atoms with Gasteiger partial charge in [-0.2, -0.15) is 5.10 Å². The standard InChI is InChI=1S/C23H19N3O/c1-27-22-14-12-20(13-15-22)24-16-19-17-26(21-10-6-3-7-11-21)25-23(19)18-8-4-2-5-9-18/h2-17H,1H3.